The Morgan fingerprint density at radius 1 is 1.00 bits per heavy atom. The monoisotopic (exact) mass is 284 g/mol. The second-order valence-electron chi connectivity index (χ2n) is 3.97. The third kappa shape index (κ3) is 2.92. The van der Waals surface area contributed by atoms with Crippen LogP contribution in [-0.4, -0.2) is 11.1 Å². The van der Waals surface area contributed by atoms with Crippen molar-refractivity contribution >= 4 is 37.5 Å². The van der Waals surface area contributed by atoms with Crippen molar-refractivity contribution in [1.29, 1.82) is 0 Å². The molecule has 4 heteroatoms. The van der Waals surface area contributed by atoms with Crippen molar-refractivity contribution in [2.45, 2.75) is 0 Å². The summed E-state index contributed by atoms with van der Waals surface area (Å²) in [4.78, 5) is 21.3. The Bertz CT molecular complexity index is 777. The molecule has 2 aromatic carbocycles. The minimum atomic E-state index is -0.981. The number of carboxylic acids is 1. The lowest BCUT2D eigenvalue weighted by molar-refractivity contribution is -0.131. The number of rotatable bonds is 1. The van der Waals surface area contributed by atoms with Crippen LogP contribution in [0.2, 0.25) is 0 Å². The fourth-order valence-electron chi connectivity index (χ4n) is 1.75. The first-order chi connectivity index (χ1) is 9.63. The standard InChI is InChI=1S/C13H8OS.C3H4O2/c14-13-9-5-1-3-7-11(9)15-12-8-4-2-6-10(12)13;1-2-3(4)5/h1-8H;2H,1H2,(H,4,5). The largest absolute Gasteiger partial charge is 0.478 e. The van der Waals surface area contributed by atoms with Gasteiger partial charge in [0, 0.05) is 26.2 Å². The van der Waals surface area contributed by atoms with Crippen molar-refractivity contribution in [3.05, 3.63) is 71.4 Å². The van der Waals surface area contributed by atoms with E-state index in [1.165, 1.54) is 0 Å². The van der Waals surface area contributed by atoms with E-state index in [0.29, 0.717) is 0 Å². The molecule has 0 aliphatic carbocycles. The summed E-state index contributed by atoms with van der Waals surface area (Å²) < 4.78 is 2.11. The van der Waals surface area contributed by atoms with E-state index in [9.17, 15) is 9.59 Å². The van der Waals surface area contributed by atoms with Crippen LogP contribution < -0.4 is 5.43 Å². The van der Waals surface area contributed by atoms with Crippen LogP contribution in [0.1, 0.15) is 0 Å². The second kappa shape index (κ2) is 6.12. The number of fused-ring (bicyclic) bond motifs is 2. The highest BCUT2D eigenvalue weighted by Crippen LogP contribution is 2.23. The van der Waals surface area contributed by atoms with E-state index in [2.05, 4.69) is 6.58 Å². The Labute approximate surface area is 119 Å². The molecule has 0 aliphatic heterocycles. The summed E-state index contributed by atoms with van der Waals surface area (Å²) in [6, 6.07) is 15.5. The molecule has 0 spiro atoms. The lowest BCUT2D eigenvalue weighted by Crippen LogP contribution is -1.99. The highest BCUT2D eigenvalue weighted by molar-refractivity contribution is 7.24. The van der Waals surface area contributed by atoms with E-state index in [-0.39, 0.29) is 5.43 Å². The number of carboxylic acid groups (broad SMARTS) is 1. The van der Waals surface area contributed by atoms with E-state index in [1.807, 2.05) is 48.5 Å². The summed E-state index contributed by atoms with van der Waals surface area (Å²) in [7, 11) is 0. The molecule has 3 rings (SSSR count). The summed E-state index contributed by atoms with van der Waals surface area (Å²) in [5, 5.41) is 9.25. The molecule has 0 unspecified atom stereocenters. The van der Waals surface area contributed by atoms with E-state index < -0.39 is 5.97 Å². The zero-order chi connectivity index (χ0) is 14.5. The molecule has 0 amide bonds. The van der Waals surface area contributed by atoms with Crippen LogP contribution in [0.4, 0.5) is 0 Å². The average Bonchev–Trinajstić information content (AvgIpc) is 2.48. The van der Waals surface area contributed by atoms with Crippen LogP contribution in [0, 0.1) is 0 Å². The molecule has 1 heterocycles. The van der Waals surface area contributed by atoms with Gasteiger partial charge in [-0.1, -0.05) is 30.8 Å². The van der Waals surface area contributed by atoms with Crippen LogP contribution in [0.5, 0.6) is 0 Å². The van der Waals surface area contributed by atoms with E-state index in [1.54, 1.807) is 11.3 Å². The third-order valence-electron chi connectivity index (χ3n) is 2.66. The van der Waals surface area contributed by atoms with Gasteiger partial charge in [0.15, 0.2) is 5.43 Å². The van der Waals surface area contributed by atoms with E-state index in [0.717, 1.165) is 26.2 Å². The first-order valence-electron chi connectivity index (χ1n) is 5.89. The van der Waals surface area contributed by atoms with Gasteiger partial charge in [-0.3, -0.25) is 4.79 Å². The fraction of sp³-hybridized carbons (Fsp3) is 0. The molecule has 3 nitrogen and oxygen atoms in total. The van der Waals surface area contributed by atoms with Crippen molar-refractivity contribution in [2.24, 2.45) is 0 Å². The van der Waals surface area contributed by atoms with Gasteiger partial charge in [-0.2, -0.15) is 0 Å². The van der Waals surface area contributed by atoms with E-state index >= 15 is 0 Å². The van der Waals surface area contributed by atoms with Crippen LogP contribution in [0.15, 0.2) is 66.0 Å². The topological polar surface area (TPSA) is 54.4 Å². The van der Waals surface area contributed by atoms with Gasteiger partial charge in [0.2, 0.25) is 0 Å². The predicted molar refractivity (Wildman–Crippen MR) is 83.4 cm³/mol. The molecule has 100 valence electrons. The maximum Gasteiger partial charge on any atom is 0.327 e. The van der Waals surface area contributed by atoms with Crippen LogP contribution in [0.25, 0.3) is 20.2 Å². The highest BCUT2D eigenvalue weighted by atomic mass is 32.1. The molecular formula is C16H12O3S. The molecule has 0 atom stereocenters. The molecule has 0 saturated carbocycles. The predicted octanol–water partition coefficient (Wildman–Crippen LogP) is 3.67. The Hall–Kier alpha value is -2.46. The summed E-state index contributed by atoms with van der Waals surface area (Å²) in [6.07, 6.45) is 0.833. The summed E-state index contributed by atoms with van der Waals surface area (Å²) in [5.41, 5.74) is 0.139. The number of aliphatic carboxylic acids is 1. The average molecular weight is 284 g/mol. The lowest BCUT2D eigenvalue weighted by Gasteiger charge is -1.99. The van der Waals surface area contributed by atoms with Crippen molar-refractivity contribution in [1.82, 2.24) is 0 Å². The molecular weight excluding hydrogens is 272 g/mol. The van der Waals surface area contributed by atoms with Crippen LogP contribution in [-0.2, 0) is 4.79 Å². The van der Waals surface area contributed by atoms with Crippen molar-refractivity contribution in [3.63, 3.8) is 0 Å². The minimum absolute atomic E-state index is 0.139. The molecule has 0 bridgehead atoms. The normalized spacial score (nSPS) is 9.80. The first-order valence-corrected chi connectivity index (χ1v) is 6.71. The molecule has 0 fully saturated rings. The van der Waals surface area contributed by atoms with Crippen LogP contribution >= 0.6 is 11.3 Å². The van der Waals surface area contributed by atoms with Crippen molar-refractivity contribution < 1.29 is 9.90 Å². The van der Waals surface area contributed by atoms with Gasteiger partial charge >= 0.3 is 5.97 Å². The quantitative estimate of drug-likeness (QED) is 0.548. The maximum absolute atomic E-state index is 12.1. The van der Waals surface area contributed by atoms with Crippen LogP contribution in [0.3, 0.4) is 0 Å². The molecule has 3 aromatic rings. The zero-order valence-electron chi connectivity index (χ0n) is 10.6. The summed E-state index contributed by atoms with van der Waals surface area (Å²) in [6.45, 7) is 2.96. The summed E-state index contributed by atoms with van der Waals surface area (Å²) in [5.74, 6) is -0.981. The minimum Gasteiger partial charge on any atom is -0.478 e. The Morgan fingerprint density at radius 3 is 1.80 bits per heavy atom. The Kier molecular flexibility index (Phi) is 4.27. The van der Waals surface area contributed by atoms with E-state index in [4.69, 9.17) is 5.11 Å². The van der Waals surface area contributed by atoms with Gasteiger partial charge in [0.05, 0.1) is 0 Å². The molecule has 1 aromatic heterocycles. The second-order valence-corrected chi connectivity index (χ2v) is 5.05. The molecule has 0 aliphatic rings. The first kappa shape index (κ1) is 14.0. The smallest absolute Gasteiger partial charge is 0.327 e. The van der Waals surface area contributed by atoms with Gasteiger partial charge in [0.25, 0.3) is 0 Å². The molecule has 0 radical (unpaired) electrons. The van der Waals surface area contributed by atoms with Gasteiger partial charge in [-0.05, 0) is 24.3 Å². The van der Waals surface area contributed by atoms with Gasteiger partial charge in [-0.15, -0.1) is 11.3 Å². The highest BCUT2D eigenvalue weighted by Gasteiger charge is 2.03. The summed E-state index contributed by atoms with van der Waals surface area (Å²) >= 11 is 1.67. The third-order valence-corrected chi connectivity index (χ3v) is 3.81. The molecule has 0 saturated heterocycles. The van der Waals surface area contributed by atoms with Gasteiger partial charge in [-0.25, -0.2) is 4.79 Å². The SMILES string of the molecule is C=CC(=O)O.O=c1c2ccccc2sc2ccccc12. The number of hydrogen-bond acceptors (Lipinski definition) is 3. The zero-order valence-corrected chi connectivity index (χ0v) is 11.4. The van der Waals surface area contributed by atoms with Crippen molar-refractivity contribution in [2.75, 3.05) is 0 Å². The van der Waals surface area contributed by atoms with Crippen molar-refractivity contribution in [3.8, 4) is 0 Å². The lowest BCUT2D eigenvalue weighted by atomic mass is 10.2. The number of hydrogen-bond donors (Lipinski definition) is 1. The Balaban J connectivity index is 0.000000257. The van der Waals surface area contributed by atoms with Gasteiger partial charge < -0.3 is 5.11 Å². The Morgan fingerprint density at radius 2 is 1.40 bits per heavy atom. The molecule has 1 N–H and O–H groups in total. The number of carbonyl (C=O) groups is 1. The molecule has 20 heavy (non-hydrogen) atoms. The fourth-order valence-corrected chi connectivity index (χ4v) is 2.82. The van der Waals surface area contributed by atoms with Gasteiger partial charge in [0.1, 0.15) is 0 Å². The maximum atomic E-state index is 12.1. The number of benzene rings is 2.